The van der Waals surface area contributed by atoms with E-state index in [4.69, 9.17) is 5.11 Å². The topological polar surface area (TPSA) is 63.6 Å². The number of aliphatic hydroxyl groups excluding tert-OH is 1. The molecule has 0 amide bonds. The van der Waals surface area contributed by atoms with Crippen LogP contribution in [0.3, 0.4) is 0 Å². The third-order valence-electron chi connectivity index (χ3n) is 1.33. The molecule has 74 valence electrons. The van der Waals surface area contributed by atoms with E-state index in [1.165, 1.54) is 13.8 Å². The molecule has 0 aromatic heterocycles. The first kappa shape index (κ1) is 11.8. The molecule has 0 bridgehead atoms. The molecule has 0 aliphatic carbocycles. The second-order valence-corrected chi connectivity index (χ2v) is 2.88. The maximum atomic E-state index is 10.8. The Morgan fingerprint density at radius 1 is 1.46 bits per heavy atom. The van der Waals surface area contributed by atoms with E-state index in [1.54, 1.807) is 0 Å². The van der Waals surface area contributed by atoms with Crippen LogP contribution in [0.5, 0.6) is 0 Å². The maximum Gasteiger partial charge on any atom is 0.335 e. The van der Waals surface area contributed by atoms with Crippen molar-refractivity contribution < 1.29 is 19.4 Å². The lowest BCUT2D eigenvalue weighted by Gasteiger charge is -2.10. The molecule has 0 saturated heterocycles. The zero-order valence-corrected chi connectivity index (χ0v) is 7.87. The number of ketones is 1. The molecule has 0 heterocycles. The Morgan fingerprint density at radius 3 is 2.38 bits per heavy atom. The average Bonchev–Trinajstić information content (AvgIpc) is 2.00. The number of esters is 1. The van der Waals surface area contributed by atoms with Crippen molar-refractivity contribution in [2.75, 3.05) is 0 Å². The monoisotopic (exact) mass is 186 g/mol. The van der Waals surface area contributed by atoms with E-state index in [9.17, 15) is 9.59 Å². The van der Waals surface area contributed by atoms with Gasteiger partial charge in [-0.15, -0.1) is 0 Å². The molecule has 0 fully saturated rings. The number of hydrogen-bond acceptors (Lipinski definition) is 4. The lowest BCUT2D eigenvalue weighted by atomic mass is 10.2. The number of ether oxygens (including phenoxy) is 1. The Morgan fingerprint density at radius 2 is 2.00 bits per heavy atom. The Labute approximate surface area is 77.2 Å². The van der Waals surface area contributed by atoms with Crippen molar-refractivity contribution in [3.8, 4) is 0 Å². The van der Waals surface area contributed by atoms with Gasteiger partial charge >= 0.3 is 5.97 Å². The number of aliphatic hydroxyl groups is 1. The van der Waals surface area contributed by atoms with Crippen LogP contribution >= 0.6 is 0 Å². The largest absolute Gasteiger partial charge is 0.433 e. The molecular weight excluding hydrogens is 172 g/mol. The lowest BCUT2D eigenvalue weighted by molar-refractivity contribution is -0.164. The van der Waals surface area contributed by atoms with Crippen molar-refractivity contribution in [1.29, 1.82) is 0 Å². The lowest BCUT2D eigenvalue weighted by Crippen LogP contribution is -2.18. The third kappa shape index (κ3) is 6.04. The molecule has 0 aliphatic heterocycles. The molecule has 4 nitrogen and oxygen atoms in total. The van der Waals surface area contributed by atoms with Crippen molar-refractivity contribution in [2.45, 2.75) is 33.0 Å². The van der Waals surface area contributed by atoms with Crippen molar-refractivity contribution in [1.82, 2.24) is 0 Å². The first-order valence-corrected chi connectivity index (χ1v) is 3.97. The highest BCUT2D eigenvalue weighted by Gasteiger charge is 2.11. The van der Waals surface area contributed by atoms with Gasteiger partial charge in [0.15, 0.2) is 0 Å². The molecule has 13 heavy (non-hydrogen) atoms. The number of carbonyl (C=O) groups excluding carboxylic acids is 2. The molecule has 0 aromatic carbocycles. The van der Waals surface area contributed by atoms with Gasteiger partial charge in [0.25, 0.3) is 0 Å². The summed E-state index contributed by atoms with van der Waals surface area (Å²) in [6, 6.07) is 0. The van der Waals surface area contributed by atoms with E-state index >= 15 is 0 Å². The molecule has 4 heteroatoms. The van der Waals surface area contributed by atoms with Crippen LogP contribution in [0.25, 0.3) is 0 Å². The van der Waals surface area contributed by atoms with Crippen molar-refractivity contribution >= 4 is 11.8 Å². The Bertz CT molecular complexity index is 220. The summed E-state index contributed by atoms with van der Waals surface area (Å²) in [6.45, 7) is 6.25. The number of carbonyl (C=O) groups is 2. The summed E-state index contributed by atoms with van der Waals surface area (Å²) in [5.41, 5.74) is 0.224. The fraction of sp³-hybridized carbons (Fsp3) is 0.556. The fourth-order valence-corrected chi connectivity index (χ4v) is 0.610. The van der Waals surface area contributed by atoms with Crippen LogP contribution in [-0.4, -0.2) is 23.1 Å². The molecule has 0 aromatic rings. The molecule has 0 aliphatic rings. The summed E-state index contributed by atoms with van der Waals surface area (Å²) in [4.78, 5) is 21.3. The minimum absolute atomic E-state index is 0.0505. The van der Waals surface area contributed by atoms with Gasteiger partial charge in [0, 0.05) is 18.4 Å². The highest BCUT2D eigenvalue weighted by Crippen LogP contribution is 2.02. The highest BCUT2D eigenvalue weighted by molar-refractivity contribution is 5.87. The average molecular weight is 186 g/mol. The van der Waals surface area contributed by atoms with Gasteiger partial charge in [-0.25, -0.2) is 4.79 Å². The van der Waals surface area contributed by atoms with Crippen LogP contribution in [-0.2, 0) is 14.3 Å². The summed E-state index contributed by atoms with van der Waals surface area (Å²) in [5.74, 6) is -0.693. The SMILES string of the molecule is C=C(C)C(=O)OC(O)CCC(C)=O. The van der Waals surface area contributed by atoms with Crippen LogP contribution in [0.2, 0.25) is 0 Å². The summed E-state index contributed by atoms with van der Waals surface area (Å²) >= 11 is 0. The van der Waals surface area contributed by atoms with Gasteiger partial charge in [-0.2, -0.15) is 0 Å². The highest BCUT2D eigenvalue weighted by atomic mass is 16.6. The van der Waals surface area contributed by atoms with Gasteiger partial charge in [-0.1, -0.05) is 6.58 Å². The molecule has 1 atom stereocenters. The first-order chi connectivity index (χ1) is 5.93. The number of rotatable bonds is 5. The van der Waals surface area contributed by atoms with Gasteiger partial charge in [-0.3, -0.25) is 0 Å². The zero-order valence-electron chi connectivity index (χ0n) is 7.87. The third-order valence-corrected chi connectivity index (χ3v) is 1.33. The van der Waals surface area contributed by atoms with E-state index in [0.717, 1.165) is 0 Å². The molecule has 1 N–H and O–H groups in total. The van der Waals surface area contributed by atoms with Crippen molar-refractivity contribution in [3.05, 3.63) is 12.2 Å². The number of hydrogen-bond donors (Lipinski definition) is 1. The second-order valence-electron chi connectivity index (χ2n) is 2.88. The van der Waals surface area contributed by atoms with Crippen LogP contribution in [0, 0.1) is 0 Å². The Hall–Kier alpha value is -1.16. The standard InChI is InChI=1S/C9H14O4/c1-6(2)9(12)13-8(11)5-4-7(3)10/h8,11H,1,4-5H2,2-3H3. The maximum absolute atomic E-state index is 10.8. The Balaban J connectivity index is 3.74. The van der Waals surface area contributed by atoms with E-state index in [1.807, 2.05) is 0 Å². The quantitative estimate of drug-likeness (QED) is 0.391. The molecule has 0 saturated carbocycles. The van der Waals surface area contributed by atoms with Crippen molar-refractivity contribution in [3.63, 3.8) is 0 Å². The van der Waals surface area contributed by atoms with Crippen LogP contribution in [0.1, 0.15) is 26.7 Å². The fourth-order valence-electron chi connectivity index (χ4n) is 0.610. The van der Waals surface area contributed by atoms with E-state index < -0.39 is 12.3 Å². The van der Waals surface area contributed by atoms with Crippen LogP contribution < -0.4 is 0 Å². The summed E-state index contributed by atoms with van der Waals surface area (Å²) in [6.07, 6.45) is -0.882. The van der Waals surface area contributed by atoms with Gasteiger partial charge in [-0.05, 0) is 13.8 Å². The van der Waals surface area contributed by atoms with Gasteiger partial charge in [0.05, 0.1) is 0 Å². The normalized spacial score (nSPS) is 11.9. The Kier molecular flexibility index (Phi) is 4.99. The van der Waals surface area contributed by atoms with Crippen LogP contribution in [0.4, 0.5) is 0 Å². The first-order valence-electron chi connectivity index (χ1n) is 3.97. The number of Topliss-reactive ketones (excluding diaryl/α,β-unsaturated/α-hetero) is 1. The summed E-state index contributed by atoms with van der Waals surface area (Å²) < 4.78 is 4.53. The van der Waals surface area contributed by atoms with E-state index in [2.05, 4.69) is 11.3 Å². The molecule has 0 radical (unpaired) electrons. The minimum Gasteiger partial charge on any atom is -0.433 e. The summed E-state index contributed by atoms with van der Waals surface area (Å²) in [5, 5.41) is 9.08. The van der Waals surface area contributed by atoms with E-state index in [0.29, 0.717) is 0 Å². The predicted octanol–water partition coefficient (Wildman–Crippen LogP) is 0.793. The second kappa shape index (κ2) is 5.48. The minimum atomic E-state index is -1.21. The van der Waals surface area contributed by atoms with Gasteiger partial charge in [0.1, 0.15) is 5.78 Å². The predicted molar refractivity (Wildman–Crippen MR) is 46.8 cm³/mol. The van der Waals surface area contributed by atoms with Crippen LogP contribution in [0.15, 0.2) is 12.2 Å². The molecule has 0 rings (SSSR count). The van der Waals surface area contributed by atoms with E-state index in [-0.39, 0.29) is 24.2 Å². The molecule has 1 unspecified atom stereocenters. The summed E-state index contributed by atoms with van der Waals surface area (Å²) in [7, 11) is 0. The smallest absolute Gasteiger partial charge is 0.335 e. The zero-order chi connectivity index (χ0) is 10.4. The van der Waals surface area contributed by atoms with Gasteiger partial charge in [0.2, 0.25) is 6.29 Å². The van der Waals surface area contributed by atoms with Crippen molar-refractivity contribution in [2.24, 2.45) is 0 Å². The van der Waals surface area contributed by atoms with Gasteiger partial charge < -0.3 is 14.6 Å². The molecule has 0 spiro atoms. The molecular formula is C9H14O4.